The quantitative estimate of drug-likeness (QED) is 0.385. The van der Waals surface area contributed by atoms with Gasteiger partial charge in [0.25, 0.3) is 5.56 Å². The third-order valence-electron chi connectivity index (χ3n) is 7.08. The maximum atomic E-state index is 13.9. The molecule has 2 aliphatic heterocycles. The van der Waals surface area contributed by atoms with Gasteiger partial charge in [-0.3, -0.25) is 9.36 Å². The third-order valence-corrected chi connectivity index (χ3v) is 8.07. The number of hydrogen-bond donors (Lipinski definition) is 0. The van der Waals surface area contributed by atoms with Crippen molar-refractivity contribution in [3.8, 4) is 11.5 Å². The number of rotatable bonds is 3. The molecule has 37 heavy (non-hydrogen) atoms. The fourth-order valence-corrected chi connectivity index (χ4v) is 6.40. The summed E-state index contributed by atoms with van der Waals surface area (Å²) in [6.45, 7) is 0.225. The lowest BCUT2D eigenvalue weighted by atomic mass is 9.84. The van der Waals surface area contributed by atoms with E-state index in [1.54, 1.807) is 0 Å². The van der Waals surface area contributed by atoms with Crippen LogP contribution in [-0.2, 0) is 0 Å². The van der Waals surface area contributed by atoms with Gasteiger partial charge in [0.2, 0.25) is 6.79 Å². The van der Waals surface area contributed by atoms with E-state index in [9.17, 15) is 4.79 Å². The summed E-state index contributed by atoms with van der Waals surface area (Å²) in [5.74, 6) is 1.43. The molecule has 0 amide bonds. The molecule has 3 heterocycles. The van der Waals surface area contributed by atoms with Gasteiger partial charge < -0.3 is 9.47 Å². The summed E-state index contributed by atoms with van der Waals surface area (Å²) < 4.78 is 13.5. The largest absolute Gasteiger partial charge is 0.454 e. The van der Waals surface area contributed by atoms with E-state index in [1.807, 2.05) is 53.1 Å². The van der Waals surface area contributed by atoms with Crippen LogP contribution in [0.1, 0.15) is 42.0 Å². The van der Waals surface area contributed by atoms with Crippen molar-refractivity contribution in [1.82, 2.24) is 4.57 Å². The number of benzene rings is 3. The Morgan fingerprint density at radius 2 is 1.65 bits per heavy atom. The average molecular weight is 505 g/mol. The number of aromatic nitrogens is 1. The number of thiazole rings is 1. The van der Waals surface area contributed by atoms with Crippen molar-refractivity contribution in [3.05, 3.63) is 132 Å². The predicted molar refractivity (Wildman–Crippen MR) is 145 cm³/mol. The van der Waals surface area contributed by atoms with E-state index in [2.05, 4.69) is 42.5 Å². The van der Waals surface area contributed by atoms with E-state index in [0.717, 1.165) is 46.6 Å². The van der Waals surface area contributed by atoms with Crippen LogP contribution < -0.4 is 24.4 Å². The van der Waals surface area contributed by atoms with Crippen molar-refractivity contribution in [2.45, 2.75) is 25.3 Å². The maximum absolute atomic E-state index is 13.9. The highest BCUT2D eigenvalue weighted by atomic mass is 32.1. The van der Waals surface area contributed by atoms with Crippen molar-refractivity contribution >= 4 is 23.5 Å². The maximum Gasteiger partial charge on any atom is 0.271 e. The molecule has 0 saturated heterocycles. The zero-order valence-electron chi connectivity index (χ0n) is 20.1. The van der Waals surface area contributed by atoms with Gasteiger partial charge in [0, 0.05) is 0 Å². The van der Waals surface area contributed by atoms with E-state index in [4.69, 9.17) is 14.5 Å². The Hall–Kier alpha value is -4.16. The molecule has 1 aromatic heterocycles. The number of hydrogen-bond acceptors (Lipinski definition) is 5. The number of fused-ring (bicyclic) bond motifs is 2. The van der Waals surface area contributed by atoms with Crippen molar-refractivity contribution in [2.24, 2.45) is 4.99 Å². The minimum Gasteiger partial charge on any atom is -0.454 e. The highest BCUT2D eigenvalue weighted by Crippen LogP contribution is 2.41. The minimum absolute atomic E-state index is 0.0130. The fraction of sp³-hybridized carbons (Fsp3) is 0.161. The summed E-state index contributed by atoms with van der Waals surface area (Å²) in [7, 11) is 0. The first kappa shape index (κ1) is 22.1. The van der Waals surface area contributed by atoms with Crippen molar-refractivity contribution in [1.29, 1.82) is 0 Å². The second-order valence-electron chi connectivity index (χ2n) is 9.41. The average Bonchev–Trinajstić information content (AvgIpc) is 3.53. The van der Waals surface area contributed by atoms with Crippen LogP contribution in [0, 0.1) is 0 Å². The Morgan fingerprint density at radius 1 is 0.865 bits per heavy atom. The van der Waals surface area contributed by atoms with Gasteiger partial charge in [-0.1, -0.05) is 78.1 Å². The molecule has 4 aromatic rings. The van der Waals surface area contributed by atoms with Gasteiger partial charge in [-0.25, -0.2) is 4.99 Å². The fourth-order valence-electron chi connectivity index (χ4n) is 5.40. The second kappa shape index (κ2) is 9.05. The lowest BCUT2D eigenvalue weighted by Gasteiger charge is -2.31. The molecule has 6 heteroatoms. The van der Waals surface area contributed by atoms with E-state index in [0.29, 0.717) is 10.3 Å². The van der Waals surface area contributed by atoms with Gasteiger partial charge in [-0.15, -0.1) is 0 Å². The highest BCUT2D eigenvalue weighted by Gasteiger charge is 2.32. The van der Waals surface area contributed by atoms with Crippen LogP contribution in [0.25, 0.3) is 12.2 Å². The molecule has 3 aromatic carbocycles. The molecule has 0 spiro atoms. The monoisotopic (exact) mass is 504 g/mol. The van der Waals surface area contributed by atoms with Gasteiger partial charge in [-0.05, 0) is 71.4 Å². The molecule has 0 bridgehead atoms. The zero-order valence-corrected chi connectivity index (χ0v) is 20.9. The standard InChI is InChI=1S/C31H24N2O3S/c34-30-27(18-21-14-15-25-26(17-21)36-19-35-25)37-31-32-28-23(16-20-8-3-1-4-9-20)12-7-13-24(28)29(33(30)31)22-10-5-2-6-11-22/h1-6,8-11,14-18,29H,7,12-13,19H2/b23-16-,27-18+/t29-/m0/s1. The molecule has 0 unspecified atom stereocenters. The first-order chi connectivity index (χ1) is 18.2. The van der Waals surface area contributed by atoms with Crippen molar-refractivity contribution < 1.29 is 9.47 Å². The molecule has 7 rings (SSSR count). The first-order valence-electron chi connectivity index (χ1n) is 12.5. The molecular weight excluding hydrogens is 480 g/mol. The first-order valence-corrected chi connectivity index (χ1v) is 13.3. The van der Waals surface area contributed by atoms with Crippen LogP contribution in [-0.4, -0.2) is 11.4 Å². The van der Waals surface area contributed by atoms with Crippen LogP contribution in [0.4, 0.5) is 0 Å². The Bertz CT molecular complexity index is 1750. The second-order valence-corrected chi connectivity index (χ2v) is 10.4. The van der Waals surface area contributed by atoms with E-state index < -0.39 is 0 Å². The van der Waals surface area contributed by atoms with E-state index >= 15 is 0 Å². The number of nitrogens with zero attached hydrogens (tertiary/aromatic N) is 2. The van der Waals surface area contributed by atoms with Crippen LogP contribution in [0.15, 0.2) is 105 Å². The molecule has 5 nitrogen and oxygen atoms in total. The third kappa shape index (κ3) is 3.94. The topological polar surface area (TPSA) is 52.8 Å². The minimum atomic E-state index is -0.161. The summed E-state index contributed by atoms with van der Waals surface area (Å²) in [5.41, 5.74) is 6.67. The van der Waals surface area contributed by atoms with Crippen LogP contribution in [0.2, 0.25) is 0 Å². The zero-order chi connectivity index (χ0) is 24.8. The van der Waals surface area contributed by atoms with E-state index in [-0.39, 0.29) is 18.4 Å². The van der Waals surface area contributed by atoms with Crippen LogP contribution in [0.5, 0.6) is 11.5 Å². The predicted octanol–water partition coefficient (Wildman–Crippen LogP) is 5.21. The van der Waals surface area contributed by atoms with Gasteiger partial charge in [-0.2, -0.15) is 0 Å². The number of allylic oxidation sites excluding steroid dienone is 2. The molecule has 182 valence electrons. The van der Waals surface area contributed by atoms with Gasteiger partial charge in [0.1, 0.15) is 0 Å². The van der Waals surface area contributed by atoms with Gasteiger partial charge in [0.15, 0.2) is 16.3 Å². The molecule has 3 aliphatic rings. The Labute approximate surface area is 218 Å². The van der Waals surface area contributed by atoms with Gasteiger partial charge >= 0.3 is 0 Å². The lowest BCUT2D eigenvalue weighted by molar-refractivity contribution is 0.174. The summed E-state index contributed by atoms with van der Waals surface area (Å²) in [4.78, 5) is 19.7. The van der Waals surface area contributed by atoms with E-state index in [1.165, 1.54) is 28.0 Å². The molecule has 1 aliphatic carbocycles. The Morgan fingerprint density at radius 3 is 2.49 bits per heavy atom. The Balaban J connectivity index is 1.43. The SMILES string of the molecule is O=c1/c(=C\c2ccc3c(c2)OCO3)sc2n1[C@@H](c1ccccc1)C1=C(N=2)/C(=C\c2ccccc2)CCC1. The molecule has 0 fully saturated rings. The van der Waals surface area contributed by atoms with Crippen LogP contribution >= 0.6 is 11.3 Å². The van der Waals surface area contributed by atoms with Gasteiger partial charge in [0.05, 0.1) is 16.3 Å². The molecule has 0 saturated carbocycles. The smallest absolute Gasteiger partial charge is 0.271 e. The molecular formula is C31H24N2O3S. The summed E-state index contributed by atoms with van der Waals surface area (Å²) in [6.07, 6.45) is 7.12. The van der Waals surface area contributed by atoms with Crippen LogP contribution in [0.3, 0.4) is 0 Å². The summed E-state index contributed by atoms with van der Waals surface area (Å²) in [5, 5.41) is 0. The van der Waals surface area contributed by atoms with Crippen molar-refractivity contribution in [3.63, 3.8) is 0 Å². The number of ether oxygens (including phenoxy) is 2. The summed E-state index contributed by atoms with van der Waals surface area (Å²) in [6, 6.07) is 26.3. The lowest BCUT2D eigenvalue weighted by Crippen LogP contribution is -2.39. The van der Waals surface area contributed by atoms with Crippen molar-refractivity contribution in [2.75, 3.05) is 6.79 Å². The molecule has 1 atom stereocenters. The molecule has 0 radical (unpaired) electrons. The normalized spacial score (nSPS) is 19.5. The highest BCUT2D eigenvalue weighted by molar-refractivity contribution is 7.07. The molecule has 0 N–H and O–H groups in total. The summed E-state index contributed by atoms with van der Waals surface area (Å²) >= 11 is 1.45. The Kier molecular flexibility index (Phi) is 5.40.